The van der Waals surface area contributed by atoms with E-state index >= 15 is 0 Å². The molecule has 0 spiro atoms. The third-order valence-corrected chi connectivity index (χ3v) is 6.18. The Morgan fingerprint density at radius 3 is 2.52 bits per heavy atom. The zero-order valence-electron chi connectivity index (χ0n) is 17.3. The van der Waals surface area contributed by atoms with Crippen LogP contribution in [0.25, 0.3) is 11.3 Å². The fourth-order valence-corrected chi connectivity index (χ4v) is 4.26. The van der Waals surface area contributed by atoms with Crippen LogP contribution in [0.1, 0.15) is 48.6 Å². The van der Waals surface area contributed by atoms with Crippen molar-refractivity contribution in [1.29, 1.82) is 0 Å². The van der Waals surface area contributed by atoms with Gasteiger partial charge in [-0.1, -0.05) is 23.7 Å². The molecule has 162 valence electrons. The third-order valence-electron chi connectivity index (χ3n) is 4.59. The van der Waals surface area contributed by atoms with Gasteiger partial charge in [-0.15, -0.1) is 11.3 Å². The summed E-state index contributed by atoms with van der Waals surface area (Å²) in [7, 11) is 1.24. The zero-order chi connectivity index (χ0) is 22.7. The molecule has 9 heteroatoms. The summed E-state index contributed by atoms with van der Waals surface area (Å²) in [5, 5.41) is 3.41. The van der Waals surface area contributed by atoms with Gasteiger partial charge < -0.3 is 19.2 Å². The van der Waals surface area contributed by atoms with Gasteiger partial charge in [-0.05, 0) is 50.1 Å². The molecule has 0 bridgehead atoms. The third kappa shape index (κ3) is 4.50. The molecular weight excluding hydrogens is 442 g/mol. The molecule has 2 aromatic heterocycles. The van der Waals surface area contributed by atoms with E-state index in [4.69, 9.17) is 25.5 Å². The Kier molecular flexibility index (Phi) is 6.82. The van der Waals surface area contributed by atoms with Crippen molar-refractivity contribution in [2.75, 3.05) is 19.0 Å². The van der Waals surface area contributed by atoms with Crippen molar-refractivity contribution in [3.05, 3.63) is 62.7 Å². The minimum Gasteiger partial charge on any atom is -0.465 e. The molecule has 3 rings (SSSR count). The number of rotatable bonds is 6. The van der Waals surface area contributed by atoms with Crippen LogP contribution >= 0.6 is 22.9 Å². The molecule has 31 heavy (non-hydrogen) atoms. The van der Waals surface area contributed by atoms with Crippen LogP contribution in [0, 0.1) is 13.8 Å². The van der Waals surface area contributed by atoms with Crippen LogP contribution < -0.4 is 5.32 Å². The molecule has 0 saturated heterocycles. The van der Waals surface area contributed by atoms with Crippen molar-refractivity contribution in [2.45, 2.75) is 20.8 Å². The van der Waals surface area contributed by atoms with Gasteiger partial charge in [0.1, 0.15) is 15.6 Å². The Balaban J connectivity index is 1.93. The van der Waals surface area contributed by atoms with Crippen LogP contribution in [0.4, 0.5) is 5.00 Å². The van der Waals surface area contributed by atoms with Crippen LogP contribution in [0.5, 0.6) is 0 Å². The Labute approximate surface area is 187 Å². The zero-order valence-corrected chi connectivity index (χ0v) is 18.9. The number of ether oxygens (including phenoxy) is 2. The largest absolute Gasteiger partial charge is 0.465 e. The lowest BCUT2D eigenvalue weighted by molar-refractivity contribution is 0.0527. The summed E-state index contributed by atoms with van der Waals surface area (Å²) in [4.78, 5) is 37.5. The van der Waals surface area contributed by atoms with E-state index in [0.717, 1.165) is 22.5 Å². The SMILES string of the molecule is CCOC(=O)c1c(NC(=O)c2ccc(-c3cccc(Cl)c3C)o2)sc(C(=O)OC)c1C. The van der Waals surface area contributed by atoms with E-state index in [9.17, 15) is 14.4 Å². The summed E-state index contributed by atoms with van der Waals surface area (Å²) < 4.78 is 15.6. The number of furan rings is 1. The number of amides is 1. The Hall–Kier alpha value is -3.10. The van der Waals surface area contributed by atoms with E-state index in [-0.39, 0.29) is 27.8 Å². The van der Waals surface area contributed by atoms with E-state index < -0.39 is 17.8 Å². The van der Waals surface area contributed by atoms with E-state index in [1.807, 2.05) is 13.0 Å². The van der Waals surface area contributed by atoms with Gasteiger partial charge in [-0.25, -0.2) is 9.59 Å². The number of hydrogen-bond donors (Lipinski definition) is 1. The maximum absolute atomic E-state index is 12.8. The molecule has 7 nitrogen and oxygen atoms in total. The summed E-state index contributed by atoms with van der Waals surface area (Å²) in [6, 6.07) is 8.59. The first-order valence-corrected chi connectivity index (χ1v) is 10.5. The van der Waals surface area contributed by atoms with Crippen molar-refractivity contribution in [1.82, 2.24) is 0 Å². The fraction of sp³-hybridized carbons (Fsp3) is 0.227. The lowest BCUT2D eigenvalue weighted by Crippen LogP contribution is -2.14. The average molecular weight is 462 g/mol. The fourth-order valence-electron chi connectivity index (χ4n) is 2.98. The quantitative estimate of drug-likeness (QED) is 0.487. The number of esters is 2. The summed E-state index contributed by atoms with van der Waals surface area (Å²) in [6.45, 7) is 5.27. The lowest BCUT2D eigenvalue weighted by atomic mass is 10.1. The molecule has 0 saturated carbocycles. The number of carbonyl (C=O) groups excluding carboxylic acids is 3. The van der Waals surface area contributed by atoms with E-state index in [1.54, 1.807) is 32.0 Å². The van der Waals surface area contributed by atoms with Gasteiger partial charge in [-0.2, -0.15) is 0 Å². The second-order valence-corrected chi connectivity index (χ2v) is 7.93. The van der Waals surface area contributed by atoms with E-state index in [1.165, 1.54) is 13.2 Å². The highest BCUT2D eigenvalue weighted by atomic mass is 35.5. The van der Waals surface area contributed by atoms with Gasteiger partial charge in [0, 0.05) is 10.6 Å². The van der Waals surface area contributed by atoms with Crippen molar-refractivity contribution >= 4 is 45.8 Å². The predicted octanol–water partition coefficient (Wildman–Crippen LogP) is 5.49. The topological polar surface area (TPSA) is 94.8 Å². The minimum atomic E-state index is -0.642. The van der Waals surface area contributed by atoms with Gasteiger partial charge in [0.2, 0.25) is 0 Å². The smallest absolute Gasteiger partial charge is 0.348 e. The molecule has 0 radical (unpaired) electrons. The number of hydrogen-bond acceptors (Lipinski definition) is 7. The Morgan fingerprint density at radius 2 is 1.84 bits per heavy atom. The molecule has 1 amide bonds. The summed E-state index contributed by atoms with van der Waals surface area (Å²) in [5.41, 5.74) is 2.07. The van der Waals surface area contributed by atoms with Crippen molar-refractivity contribution in [2.24, 2.45) is 0 Å². The Bertz CT molecular complexity index is 1160. The molecule has 1 N–H and O–H groups in total. The van der Waals surface area contributed by atoms with Crippen LogP contribution in [0.3, 0.4) is 0 Å². The number of methoxy groups -OCH3 is 1. The molecule has 0 aliphatic carbocycles. The van der Waals surface area contributed by atoms with Gasteiger partial charge in [0.05, 0.1) is 19.3 Å². The van der Waals surface area contributed by atoms with Gasteiger partial charge >= 0.3 is 11.9 Å². The monoisotopic (exact) mass is 461 g/mol. The maximum Gasteiger partial charge on any atom is 0.348 e. The number of halogens is 1. The van der Waals surface area contributed by atoms with Crippen LogP contribution in [-0.2, 0) is 9.47 Å². The molecule has 0 unspecified atom stereocenters. The van der Waals surface area contributed by atoms with Gasteiger partial charge in [0.25, 0.3) is 5.91 Å². The first kappa shape index (κ1) is 22.6. The van der Waals surface area contributed by atoms with Gasteiger partial charge in [0.15, 0.2) is 5.76 Å². The minimum absolute atomic E-state index is 0.0369. The number of carbonyl (C=O) groups is 3. The molecule has 0 aliphatic rings. The number of thiophene rings is 1. The molecular formula is C22H20ClNO6S. The van der Waals surface area contributed by atoms with E-state index in [2.05, 4.69) is 5.32 Å². The highest BCUT2D eigenvalue weighted by Gasteiger charge is 2.28. The first-order chi connectivity index (χ1) is 14.8. The van der Waals surface area contributed by atoms with E-state index in [0.29, 0.717) is 16.3 Å². The standard InChI is InChI=1S/C22H20ClNO6S/c1-5-29-21(26)17-12(3)18(22(27)28-4)31-20(17)24-19(25)16-10-9-15(30-16)13-7-6-8-14(23)11(13)2/h6-10H,5H2,1-4H3,(H,24,25). The van der Waals surface area contributed by atoms with Crippen molar-refractivity contribution in [3.63, 3.8) is 0 Å². The van der Waals surface area contributed by atoms with Crippen LogP contribution in [0.2, 0.25) is 5.02 Å². The van der Waals surface area contributed by atoms with Crippen LogP contribution in [-0.4, -0.2) is 31.6 Å². The molecule has 2 heterocycles. The summed E-state index contributed by atoms with van der Waals surface area (Å²) in [6.07, 6.45) is 0. The van der Waals surface area contributed by atoms with Crippen molar-refractivity contribution < 1.29 is 28.3 Å². The lowest BCUT2D eigenvalue weighted by Gasteiger charge is -2.06. The summed E-state index contributed by atoms with van der Waals surface area (Å²) in [5.74, 6) is -1.31. The molecule has 0 aliphatic heterocycles. The molecule has 0 fully saturated rings. The Morgan fingerprint density at radius 1 is 1.10 bits per heavy atom. The van der Waals surface area contributed by atoms with Crippen LogP contribution in [0.15, 0.2) is 34.7 Å². The molecule has 0 atom stereocenters. The van der Waals surface area contributed by atoms with Gasteiger partial charge in [-0.3, -0.25) is 4.79 Å². The predicted molar refractivity (Wildman–Crippen MR) is 118 cm³/mol. The molecule has 3 aromatic rings. The second kappa shape index (κ2) is 9.36. The molecule has 1 aromatic carbocycles. The normalized spacial score (nSPS) is 10.6. The summed E-state index contributed by atoms with van der Waals surface area (Å²) >= 11 is 7.10. The highest BCUT2D eigenvalue weighted by molar-refractivity contribution is 7.18. The maximum atomic E-state index is 12.8. The number of anilines is 1. The van der Waals surface area contributed by atoms with Crippen molar-refractivity contribution in [3.8, 4) is 11.3 Å². The highest BCUT2D eigenvalue weighted by Crippen LogP contribution is 2.35. The second-order valence-electron chi connectivity index (χ2n) is 6.50. The first-order valence-electron chi connectivity index (χ1n) is 9.33. The number of benzene rings is 1. The number of nitrogens with one attached hydrogen (secondary N) is 1. The average Bonchev–Trinajstić information content (AvgIpc) is 3.35.